The number of anilines is 2. The highest BCUT2D eigenvalue weighted by Gasteiger charge is 2.23. The number of sulfonamides is 1. The smallest absolute Gasteiger partial charge is 0.264 e. The van der Waals surface area contributed by atoms with Crippen molar-refractivity contribution in [1.82, 2.24) is 0 Å². The first-order valence-electron chi connectivity index (χ1n) is 9.88. The molecule has 0 radical (unpaired) electrons. The highest BCUT2D eigenvalue weighted by Crippen LogP contribution is 2.32. The molecule has 0 spiro atoms. The van der Waals surface area contributed by atoms with E-state index in [0.29, 0.717) is 41.7 Å². The zero-order valence-electron chi connectivity index (χ0n) is 16.9. The Bertz CT molecular complexity index is 1180. The molecule has 0 bridgehead atoms. The van der Waals surface area contributed by atoms with Crippen LogP contribution in [-0.4, -0.2) is 34.1 Å². The van der Waals surface area contributed by atoms with E-state index in [4.69, 9.17) is 9.47 Å². The van der Waals surface area contributed by atoms with Crippen LogP contribution in [0.5, 0.6) is 11.5 Å². The lowest BCUT2D eigenvalue weighted by atomic mass is 10.2. The molecule has 4 rings (SSSR count). The molecule has 3 aromatic rings. The van der Waals surface area contributed by atoms with Crippen molar-refractivity contribution >= 4 is 27.3 Å². The summed E-state index contributed by atoms with van der Waals surface area (Å²) >= 11 is 0. The predicted molar refractivity (Wildman–Crippen MR) is 118 cm³/mol. The second kappa shape index (κ2) is 8.69. The summed E-state index contributed by atoms with van der Waals surface area (Å²) in [5.41, 5.74) is 1.48. The molecular weight excluding hydrogens is 416 g/mol. The Morgan fingerprint density at radius 2 is 1.61 bits per heavy atom. The molecule has 3 aromatic carbocycles. The minimum Gasteiger partial charge on any atom is -0.486 e. The fraction of sp³-hybridized carbons (Fsp3) is 0.174. The zero-order chi connectivity index (χ0) is 21.8. The van der Waals surface area contributed by atoms with Gasteiger partial charge in [0.05, 0.1) is 10.6 Å². The second-order valence-corrected chi connectivity index (χ2v) is 8.70. The van der Waals surface area contributed by atoms with Crippen molar-refractivity contribution in [2.24, 2.45) is 0 Å². The molecule has 0 atom stereocenters. The summed E-state index contributed by atoms with van der Waals surface area (Å²) in [5.74, 6) is 0.925. The quantitative estimate of drug-likeness (QED) is 0.630. The average Bonchev–Trinajstić information content (AvgIpc) is 2.80. The first-order chi connectivity index (χ1) is 15.0. The molecule has 1 heterocycles. The standard InChI is InChI=1S/C23H22N2O5S/c1-2-25(31(27,28)20-6-4-3-5-7-20)19-11-8-17(9-12-19)23(26)24-18-10-13-21-22(16-18)30-15-14-29-21/h3-13,16H,2,14-15H2,1H3,(H,24,26). The van der Waals surface area contributed by atoms with Gasteiger partial charge in [0.1, 0.15) is 13.2 Å². The lowest BCUT2D eigenvalue weighted by Crippen LogP contribution is -2.30. The molecule has 1 aliphatic rings. The third-order valence-corrected chi connectivity index (χ3v) is 6.75. The molecule has 0 unspecified atom stereocenters. The zero-order valence-corrected chi connectivity index (χ0v) is 17.8. The maximum Gasteiger partial charge on any atom is 0.264 e. The van der Waals surface area contributed by atoms with Gasteiger partial charge in [0.15, 0.2) is 11.5 Å². The minimum absolute atomic E-state index is 0.220. The lowest BCUT2D eigenvalue weighted by Gasteiger charge is -2.23. The van der Waals surface area contributed by atoms with E-state index in [2.05, 4.69) is 5.32 Å². The van der Waals surface area contributed by atoms with Gasteiger partial charge in [0, 0.05) is 23.9 Å². The maximum atomic E-state index is 13.0. The van der Waals surface area contributed by atoms with Crippen LogP contribution in [0.4, 0.5) is 11.4 Å². The number of ether oxygens (including phenoxy) is 2. The third kappa shape index (κ3) is 4.34. The van der Waals surface area contributed by atoms with Crippen LogP contribution in [0.25, 0.3) is 0 Å². The van der Waals surface area contributed by atoms with Gasteiger partial charge in [-0.25, -0.2) is 8.42 Å². The van der Waals surface area contributed by atoms with Crippen molar-refractivity contribution in [2.75, 3.05) is 29.4 Å². The number of hydrogen-bond donors (Lipinski definition) is 1. The molecule has 0 fully saturated rings. The lowest BCUT2D eigenvalue weighted by molar-refractivity contribution is 0.102. The maximum absolute atomic E-state index is 13.0. The molecule has 0 aliphatic carbocycles. The minimum atomic E-state index is -3.69. The van der Waals surface area contributed by atoms with E-state index >= 15 is 0 Å². The molecule has 1 amide bonds. The molecule has 0 aromatic heterocycles. The summed E-state index contributed by atoms with van der Waals surface area (Å²) in [7, 11) is -3.69. The van der Waals surface area contributed by atoms with Gasteiger partial charge in [-0.2, -0.15) is 0 Å². The fourth-order valence-electron chi connectivity index (χ4n) is 3.31. The predicted octanol–water partition coefficient (Wildman–Crippen LogP) is 3.93. The number of nitrogens with one attached hydrogen (secondary N) is 1. The number of carbonyl (C=O) groups excluding carboxylic acids is 1. The Morgan fingerprint density at radius 1 is 0.935 bits per heavy atom. The van der Waals surface area contributed by atoms with Crippen LogP contribution in [0.15, 0.2) is 77.7 Å². The van der Waals surface area contributed by atoms with Crippen molar-refractivity contribution in [3.8, 4) is 11.5 Å². The van der Waals surface area contributed by atoms with Crippen molar-refractivity contribution in [3.05, 3.63) is 78.4 Å². The summed E-state index contributed by atoms with van der Waals surface area (Å²) in [4.78, 5) is 12.9. The number of fused-ring (bicyclic) bond motifs is 1. The van der Waals surface area contributed by atoms with Crippen LogP contribution in [-0.2, 0) is 10.0 Å². The van der Waals surface area contributed by atoms with Crippen LogP contribution >= 0.6 is 0 Å². The average molecular weight is 439 g/mol. The number of carbonyl (C=O) groups is 1. The van der Waals surface area contributed by atoms with Crippen molar-refractivity contribution in [3.63, 3.8) is 0 Å². The summed E-state index contributed by atoms with van der Waals surface area (Å²) in [6, 6.07) is 19.9. The molecule has 0 saturated heterocycles. The topological polar surface area (TPSA) is 84.9 Å². The van der Waals surface area contributed by atoms with E-state index in [9.17, 15) is 13.2 Å². The number of nitrogens with zero attached hydrogens (tertiary/aromatic N) is 1. The van der Waals surface area contributed by atoms with Crippen LogP contribution in [0.1, 0.15) is 17.3 Å². The van der Waals surface area contributed by atoms with Crippen LogP contribution in [0.2, 0.25) is 0 Å². The van der Waals surface area contributed by atoms with Gasteiger partial charge in [-0.05, 0) is 55.5 Å². The van der Waals surface area contributed by atoms with Gasteiger partial charge in [-0.15, -0.1) is 0 Å². The Balaban J connectivity index is 1.51. The van der Waals surface area contributed by atoms with E-state index < -0.39 is 10.0 Å². The Morgan fingerprint density at radius 3 is 2.29 bits per heavy atom. The van der Waals surface area contributed by atoms with Crippen LogP contribution in [0.3, 0.4) is 0 Å². The van der Waals surface area contributed by atoms with Gasteiger partial charge < -0.3 is 14.8 Å². The molecule has 160 valence electrons. The molecule has 8 heteroatoms. The first-order valence-corrected chi connectivity index (χ1v) is 11.3. The number of rotatable bonds is 6. The van der Waals surface area contributed by atoms with Crippen LogP contribution < -0.4 is 19.1 Å². The summed E-state index contributed by atoms with van der Waals surface area (Å²) < 4.78 is 38.3. The summed E-state index contributed by atoms with van der Waals surface area (Å²) in [6.07, 6.45) is 0. The van der Waals surface area contributed by atoms with Crippen molar-refractivity contribution < 1.29 is 22.7 Å². The number of amides is 1. The van der Waals surface area contributed by atoms with Crippen LogP contribution in [0, 0.1) is 0 Å². The van der Waals surface area contributed by atoms with Gasteiger partial charge in [0.2, 0.25) is 0 Å². The monoisotopic (exact) mass is 438 g/mol. The Hall–Kier alpha value is -3.52. The van der Waals surface area contributed by atoms with E-state index in [-0.39, 0.29) is 17.3 Å². The SMILES string of the molecule is CCN(c1ccc(C(=O)Nc2ccc3c(c2)OCCO3)cc1)S(=O)(=O)c1ccccc1. The van der Waals surface area contributed by atoms with E-state index in [1.807, 2.05) is 0 Å². The molecule has 0 saturated carbocycles. The number of hydrogen-bond acceptors (Lipinski definition) is 5. The van der Waals surface area contributed by atoms with Gasteiger partial charge in [-0.3, -0.25) is 9.10 Å². The van der Waals surface area contributed by atoms with Gasteiger partial charge in [-0.1, -0.05) is 18.2 Å². The van der Waals surface area contributed by atoms with Gasteiger partial charge >= 0.3 is 0 Å². The third-order valence-electron chi connectivity index (χ3n) is 4.84. The summed E-state index contributed by atoms with van der Waals surface area (Å²) in [5, 5.41) is 2.82. The van der Waals surface area contributed by atoms with E-state index in [0.717, 1.165) is 0 Å². The van der Waals surface area contributed by atoms with Crippen molar-refractivity contribution in [2.45, 2.75) is 11.8 Å². The molecule has 1 aliphatic heterocycles. The Labute approximate surface area is 181 Å². The molecule has 7 nitrogen and oxygen atoms in total. The normalized spacial score (nSPS) is 12.8. The highest BCUT2D eigenvalue weighted by molar-refractivity contribution is 7.92. The molecular formula is C23H22N2O5S. The highest BCUT2D eigenvalue weighted by atomic mass is 32.2. The molecule has 31 heavy (non-hydrogen) atoms. The van der Waals surface area contributed by atoms with Crippen molar-refractivity contribution in [1.29, 1.82) is 0 Å². The second-order valence-electron chi connectivity index (χ2n) is 6.84. The first kappa shape index (κ1) is 20.7. The fourth-order valence-corrected chi connectivity index (χ4v) is 4.81. The van der Waals surface area contributed by atoms with E-state index in [1.165, 1.54) is 4.31 Å². The number of benzene rings is 3. The van der Waals surface area contributed by atoms with Gasteiger partial charge in [0.25, 0.3) is 15.9 Å². The van der Waals surface area contributed by atoms with E-state index in [1.54, 1.807) is 79.7 Å². The Kier molecular flexibility index (Phi) is 5.81. The molecule has 1 N–H and O–H groups in total. The largest absolute Gasteiger partial charge is 0.486 e. The summed E-state index contributed by atoms with van der Waals surface area (Å²) in [6.45, 7) is 2.99.